The smallest absolute Gasteiger partial charge is 0.410 e. The van der Waals surface area contributed by atoms with E-state index in [0.29, 0.717) is 31.8 Å². The molecule has 0 aliphatic rings. The summed E-state index contributed by atoms with van der Waals surface area (Å²) in [6.45, 7) is 10.4. The minimum atomic E-state index is -0.548. The van der Waals surface area contributed by atoms with Crippen molar-refractivity contribution < 1.29 is 14.3 Å². The Labute approximate surface area is 139 Å². The summed E-state index contributed by atoms with van der Waals surface area (Å²) >= 11 is 0. The number of benzene rings is 1. The summed E-state index contributed by atoms with van der Waals surface area (Å²) in [7, 11) is 0. The summed E-state index contributed by atoms with van der Waals surface area (Å²) in [5.41, 5.74) is 0.475. The fourth-order valence-electron chi connectivity index (χ4n) is 2.18. The van der Waals surface area contributed by atoms with Crippen molar-refractivity contribution >= 4 is 11.9 Å². The van der Waals surface area contributed by atoms with Gasteiger partial charge in [0.25, 0.3) is 0 Å². The van der Waals surface area contributed by atoms with Crippen LogP contribution >= 0.6 is 0 Å². The lowest BCUT2D eigenvalue weighted by molar-refractivity contribution is -0.120. The second-order valence-electron chi connectivity index (χ2n) is 7.27. The first-order valence-electron chi connectivity index (χ1n) is 8.21. The van der Waals surface area contributed by atoms with Gasteiger partial charge in [-0.05, 0) is 32.3 Å². The van der Waals surface area contributed by atoms with Crippen LogP contribution in [-0.2, 0) is 16.1 Å². The normalized spacial score (nSPS) is 11.4. The van der Waals surface area contributed by atoms with Crippen LogP contribution in [-0.4, -0.2) is 28.9 Å². The van der Waals surface area contributed by atoms with Crippen LogP contribution in [0.3, 0.4) is 0 Å². The van der Waals surface area contributed by atoms with Gasteiger partial charge in [0.1, 0.15) is 11.4 Å². The van der Waals surface area contributed by atoms with Crippen LogP contribution < -0.4 is 0 Å². The van der Waals surface area contributed by atoms with Crippen molar-refractivity contribution in [1.29, 1.82) is 0 Å². The summed E-state index contributed by atoms with van der Waals surface area (Å²) in [6.07, 6.45) is 0.538. The highest BCUT2D eigenvalue weighted by atomic mass is 16.6. The van der Waals surface area contributed by atoms with Gasteiger partial charge in [-0.15, -0.1) is 0 Å². The lowest BCUT2D eigenvalue weighted by Crippen LogP contribution is -2.37. The molecule has 1 rings (SSSR count). The zero-order valence-electron chi connectivity index (χ0n) is 15.0. The van der Waals surface area contributed by atoms with Gasteiger partial charge in [0, 0.05) is 25.9 Å². The van der Waals surface area contributed by atoms with E-state index >= 15 is 0 Å². The van der Waals surface area contributed by atoms with E-state index in [2.05, 4.69) is 0 Å². The van der Waals surface area contributed by atoms with Crippen molar-refractivity contribution in [3.63, 3.8) is 0 Å². The van der Waals surface area contributed by atoms with E-state index in [1.165, 1.54) is 0 Å². The first-order chi connectivity index (χ1) is 10.7. The molecule has 0 bridgehead atoms. The molecule has 0 N–H and O–H groups in total. The number of Topliss-reactive ketones (excluding diaryl/α,β-unsaturated/α-hetero) is 1. The Morgan fingerprint density at radius 2 is 1.74 bits per heavy atom. The molecule has 1 amide bonds. The van der Waals surface area contributed by atoms with Crippen molar-refractivity contribution in [2.24, 2.45) is 5.92 Å². The first-order valence-corrected chi connectivity index (χ1v) is 8.21. The van der Waals surface area contributed by atoms with Gasteiger partial charge in [-0.3, -0.25) is 4.79 Å². The maximum absolute atomic E-state index is 12.4. The van der Waals surface area contributed by atoms with Gasteiger partial charge in [0.05, 0.1) is 0 Å². The Hall–Kier alpha value is -1.84. The summed E-state index contributed by atoms with van der Waals surface area (Å²) in [5.74, 6) is 0.522. The third-order valence-corrected chi connectivity index (χ3v) is 3.16. The van der Waals surface area contributed by atoms with E-state index in [1.54, 1.807) is 4.90 Å². The molecule has 23 heavy (non-hydrogen) atoms. The molecule has 4 heteroatoms. The molecule has 0 aliphatic heterocycles. The van der Waals surface area contributed by atoms with E-state index in [-0.39, 0.29) is 11.9 Å². The number of ketones is 1. The molecule has 0 aliphatic carbocycles. The van der Waals surface area contributed by atoms with Crippen molar-refractivity contribution in [1.82, 2.24) is 4.90 Å². The van der Waals surface area contributed by atoms with E-state index < -0.39 is 5.60 Å². The summed E-state index contributed by atoms with van der Waals surface area (Å²) < 4.78 is 5.46. The molecule has 0 fully saturated rings. The lowest BCUT2D eigenvalue weighted by atomic mass is 10.1. The minimum Gasteiger partial charge on any atom is -0.444 e. The van der Waals surface area contributed by atoms with Gasteiger partial charge in [-0.2, -0.15) is 0 Å². The standard InChI is InChI=1S/C19H29NO3/c1-15(2)13-17(21)11-12-20(18(22)23-19(3,4)5)14-16-9-7-6-8-10-16/h6-10,15H,11-14H2,1-5H3. The van der Waals surface area contributed by atoms with Crippen LogP contribution in [0, 0.1) is 5.92 Å². The lowest BCUT2D eigenvalue weighted by Gasteiger charge is -2.27. The quantitative estimate of drug-likeness (QED) is 0.747. The van der Waals surface area contributed by atoms with Gasteiger partial charge in [-0.1, -0.05) is 44.2 Å². The molecule has 0 spiro atoms. The first kappa shape index (κ1) is 19.2. The van der Waals surface area contributed by atoms with Crippen LogP contribution in [0.2, 0.25) is 0 Å². The summed E-state index contributed by atoms with van der Waals surface area (Å²) in [5, 5.41) is 0. The van der Waals surface area contributed by atoms with Crippen LogP contribution in [0.15, 0.2) is 30.3 Å². The average Bonchev–Trinajstić information content (AvgIpc) is 2.41. The zero-order chi connectivity index (χ0) is 17.5. The second kappa shape index (κ2) is 8.70. The molecular weight excluding hydrogens is 290 g/mol. The fourth-order valence-corrected chi connectivity index (χ4v) is 2.18. The van der Waals surface area contributed by atoms with Crippen molar-refractivity contribution in [2.45, 2.75) is 59.6 Å². The number of ether oxygens (including phenoxy) is 1. The molecule has 0 atom stereocenters. The highest BCUT2D eigenvalue weighted by Gasteiger charge is 2.22. The predicted molar refractivity (Wildman–Crippen MR) is 92.2 cm³/mol. The molecule has 1 aromatic rings. The molecule has 0 unspecified atom stereocenters. The van der Waals surface area contributed by atoms with E-state index in [0.717, 1.165) is 5.56 Å². The number of rotatable bonds is 7. The Balaban J connectivity index is 2.72. The van der Waals surface area contributed by atoms with Crippen LogP contribution in [0.4, 0.5) is 4.79 Å². The molecule has 0 heterocycles. The van der Waals surface area contributed by atoms with Gasteiger partial charge in [0.15, 0.2) is 0 Å². The molecule has 0 saturated carbocycles. The number of carbonyl (C=O) groups excluding carboxylic acids is 2. The maximum Gasteiger partial charge on any atom is 0.410 e. The largest absolute Gasteiger partial charge is 0.444 e. The number of carbonyl (C=O) groups is 2. The van der Waals surface area contributed by atoms with Crippen molar-refractivity contribution in [3.8, 4) is 0 Å². The minimum absolute atomic E-state index is 0.182. The van der Waals surface area contributed by atoms with Crippen LogP contribution in [0.5, 0.6) is 0 Å². The molecule has 0 saturated heterocycles. The SMILES string of the molecule is CC(C)CC(=O)CCN(Cc1ccccc1)C(=O)OC(C)(C)C. The monoisotopic (exact) mass is 319 g/mol. The van der Waals surface area contributed by atoms with Crippen LogP contribution in [0.1, 0.15) is 53.0 Å². The highest BCUT2D eigenvalue weighted by molar-refractivity contribution is 5.79. The highest BCUT2D eigenvalue weighted by Crippen LogP contribution is 2.14. The number of hydrogen-bond donors (Lipinski definition) is 0. The number of nitrogens with zero attached hydrogens (tertiary/aromatic N) is 1. The Morgan fingerprint density at radius 3 is 2.26 bits per heavy atom. The molecule has 4 nitrogen and oxygen atoms in total. The average molecular weight is 319 g/mol. The maximum atomic E-state index is 12.4. The van der Waals surface area contributed by atoms with Gasteiger partial charge in [-0.25, -0.2) is 4.79 Å². The Bertz CT molecular complexity index is 503. The second-order valence-corrected chi connectivity index (χ2v) is 7.27. The number of amides is 1. The summed E-state index contributed by atoms with van der Waals surface area (Å²) in [4.78, 5) is 25.9. The molecule has 128 valence electrons. The summed E-state index contributed by atoms with van der Waals surface area (Å²) in [6, 6.07) is 9.74. The number of hydrogen-bond acceptors (Lipinski definition) is 3. The van der Waals surface area contributed by atoms with Gasteiger partial charge >= 0.3 is 6.09 Å². The Kier molecular flexibility index (Phi) is 7.27. The van der Waals surface area contributed by atoms with Crippen molar-refractivity contribution in [3.05, 3.63) is 35.9 Å². The van der Waals surface area contributed by atoms with E-state index in [4.69, 9.17) is 4.74 Å². The third-order valence-electron chi connectivity index (χ3n) is 3.16. The molecule has 0 aromatic heterocycles. The Morgan fingerprint density at radius 1 is 1.13 bits per heavy atom. The van der Waals surface area contributed by atoms with Crippen LogP contribution in [0.25, 0.3) is 0 Å². The fraction of sp³-hybridized carbons (Fsp3) is 0.579. The third kappa shape index (κ3) is 8.38. The van der Waals surface area contributed by atoms with Gasteiger partial charge in [0.2, 0.25) is 0 Å². The predicted octanol–water partition coefficient (Wildman–Crippen LogP) is 4.43. The topological polar surface area (TPSA) is 46.6 Å². The molecule has 0 radical (unpaired) electrons. The van der Waals surface area contributed by atoms with Crippen molar-refractivity contribution in [2.75, 3.05) is 6.54 Å². The van der Waals surface area contributed by atoms with E-state index in [9.17, 15) is 9.59 Å². The van der Waals surface area contributed by atoms with E-state index in [1.807, 2.05) is 65.0 Å². The zero-order valence-corrected chi connectivity index (χ0v) is 15.0. The van der Waals surface area contributed by atoms with Gasteiger partial charge < -0.3 is 9.64 Å². The molecular formula is C19H29NO3. The molecule has 1 aromatic carbocycles.